The van der Waals surface area contributed by atoms with Crippen LogP contribution in [0.15, 0.2) is 53.4 Å². The van der Waals surface area contributed by atoms with Crippen molar-refractivity contribution < 1.29 is 9.59 Å². The van der Waals surface area contributed by atoms with E-state index < -0.39 is 0 Å². The highest BCUT2D eigenvalue weighted by atomic mass is 32.2. The molecule has 0 aromatic heterocycles. The van der Waals surface area contributed by atoms with Crippen LogP contribution in [0.4, 0.5) is 5.69 Å². The van der Waals surface area contributed by atoms with E-state index in [1.165, 1.54) is 17.3 Å². The molecule has 1 saturated heterocycles. The topological polar surface area (TPSA) is 49.4 Å². The van der Waals surface area contributed by atoms with E-state index >= 15 is 0 Å². The van der Waals surface area contributed by atoms with Gasteiger partial charge in [0.2, 0.25) is 5.91 Å². The van der Waals surface area contributed by atoms with Gasteiger partial charge >= 0.3 is 0 Å². The molecule has 1 heterocycles. The Hall–Kier alpha value is -2.44. The molecule has 144 valence electrons. The van der Waals surface area contributed by atoms with E-state index in [-0.39, 0.29) is 11.8 Å². The van der Waals surface area contributed by atoms with Gasteiger partial charge in [0.25, 0.3) is 5.91 Å². The van der Waals surface area contributed by atoms with Crippen LogP contribution in [0.2, 0.25) is 0 Å². The van der Waals surface area contributed by atoms with Gasteiger partial charge in [0, 0.05) is 18.7 Å². The Morgan fingerprint density at radius 1 is 1.14 bits per heavy atom. The number of anilines is 1. The number of carbonyl (C=O) groups excluding carboxylic acids is 2. The Balaban J connectivity index is 1.53. The van der Waals surface area contributed by atoms with Gasteiger partial charge in [-0.3, -0.25) is 14.5 Å². The van der Waals surface area contributed by atoms with Gasteiger partial charge in [0.1, 0.15) is 4.32 Å². The molecule has 1 aliphatic rings. The molecule has 1 N–H and O–H groups in total. The number of carbonyl (C=O) groups is 2. The van der Waals surface area contributed by atoms with E-state index in [0.29, 0.717) is 28.6 Å². The Labute approximate surface area is 175 Å². The standard InChI is InChI=1S/C22H22N2O2S2/c1-15-8-10-17(11-9-15)14-19-21(26)24(22(27)28-19)12-4-7-20(25)23-18-6-3-5-16(2)13-18/h3,5-6,8-11,13-14H,4,7,12H2,1-2H3,(H,23,25)/b19-14-. The van der Waals surface area contributed by atoms with Crippen molar-refractivity contribution in [2.24, 2.45) is 0 Å². The molecular weight excluding hydrogens is 388 g/mol. The van der Waals surface area contributed by atoms with Crippen LogP contribution in [0.25, 0.3) is 6.08 Å². The lowest BCUT2D eigenvalue weighted by Crippen LogP contribution is -2.29. The molecule has 0 aliphatic carbocycles. The van der Waals surface area contributed by atoms with Crippen LogP contribution in [-0.4, -0.2) is 27.6 Å². The molecule has 3 rings (SSSR count). The zero-order chi connectivity index (χ0) is 20.1. The highest BCUT2D eigenvalue weighted by molar-refractivity contribution is 8.26. The van der Waals surface area contributed by atoms with E-state index in [0.717, 1.165) is 16.8 Å². The minimum Gasteiger partial charge on any atom is -0.326 e. The van der Waals surface area contributed by atoms with Gasteiger partial charge in [-0.05, 0) is 49.6 Å². The number of benzene rings is 2. The molecule has 0 bridgehead atoms. The van der Waals surface area contributed by atoms with E-state index in [9.17, 15) is 9.59 Å². The maximum Gasteiger partial charge on any atom is 0.266 e. The number of rotatable bonds is 6. The third kappa shape index (κ3) is 5.30. The molecule has 2 aromatic rings. The maximum atomic E-state index is 12.6. The van der Waals surface area contributed by atoms with Crippen LogP contribution in [0.3, 0.4) is 0 Å². The van der Waals surface area contributed by atoms with Crippen LogP contribution in [0.5, 0.6) is 0 Å². The first-order valence-electron chi connectivity index (χ1n) is 9.11. The largest absolute Gasteiger partial charge is 0.326 e. The zero-order valence-corrected chi connectivity index (χ0v) is 17.5. The van der Waals surface area contributed by atoms with Crippen LogP contribution >= 0.6 is 24.0 Å². The van der Waals surface area contributed by atoms with Crippen molar-refractivity contribution in [3.8, 4) is 0 Å². The number of thiocarbonyl (C=S) groups is 1. The average Bonchev–Trinajstić information content (AvgIpc) is 2.91. The minimum absolute atomic E-state index is 0.0637. The third-order valence-electron chi connectivity index (χ3n) is 4.34. The minimum atomic E-state index is -0.0883. The van der Waals surface area contributed by atoms with Crippen LogP contribution in [0.1, 0.15) is 29.5 Å². The van der Waals surface area contributed by atoms with Gasteiger partial charge in [-0.1, -0.05) is 65.9 Å². The summed E-state index contributed by atoms with van der Waals surface area (Å²) in [5, 5.41) is 2.88. The average molecular weight is 411 g/mol. The summed E-state index contributed by atoms with van der Waals surface area (Å²) in [6, 6.07) is 15.7. The molecule has 4 nitrogen and oxygen atoms in total. The van der Waals surface area contributed by atoms with E-state index in [2.05, 4.69) is 5.32 Å². The Morgan fingerprint density at radius 2 is 1.89 bits per heavy atom. The van der Waals surface area contributed by atoms with Crippen molar-refractivity contribution in [1.29, 1.82) is 0 Å². The first kappa shape index (κ1) is 20.3. The summed E-state index contributed by atoms with van der Waals surface area (Å²) < 4.78 is 0.544. The lowest BCUT2D eigenvalue weighted by Gasteiger charge is -2.14. The van der Waals surface area contributed by atoms with E-state index in [1.807, 2.05) is 68.5 Å². The Morgan fingerprint density at radius 3 is 2.61 bits per heavy atom. The van der Waals surface area contributed by atoms with Gasteiger partial charge in [-0.25, -0.2) is 0 Å². The zero-order valence-electron chi connectivity index (χ0n) is 15.9. The lowest BCUT2D eigenvalue weighted by atomic mass is 10.1. The van der Waals surface area contributed by atoms with Crippen molar-refractivity contribution in [1.82, 2.24) is 4.90 Å². The summed E-state index contributed by atoms with van der Waals surface area (Å²) in [5.41, 5.74) is 4.03. The molecule has 2 aromatic carbocycles. The predicted molar refractivity (Wildman–Crippen MR) is 120 cm³/mol. The number of aryl methyl sites for hydroxylation is 2. The van der Waals surface area contributed by atoms with Crippen molar-refractivity contribution in [2.75, 3.05) is 11.9 Å². The van der Waals surface area contributed by atoms with E-state index in [1.54, 1.807) is 4.90 Å². The fourth-order valence-corrected chi connectivity index (χ4v) is 4.16. The summed E-state index contributed by atoms with van der Waals surface area (Å²) in [4.78, 5) is 27.0. The fourth-order valence-electron chi connectivity index (χ4n) is 2.85. The number of nitrogens with zero attached hydrogens (tertiary/aromatic N) is 1. The van der Waals surface area contributed by atoms with Crippen LogP contribution < -0.4 is 5.32 Å². The van der Waals surface area contributed by atoms with Crippen molar-refractivity contribution >= 4 is 51.9 Å². The Kier molecular flexibility index (Phi) is 6.65. The number of hydrogen-bond acceptors (Lipinski definition) is 4. The Bertz CT molecular complexity index is 936. The van der Waals surface area contributed by atoms with E-state index in [4.69, 9.17) is 12.2 Å². The molecule has 0 atom stereocenters. The van der Waals surface area contributed by atoms with Crippen LogP contribution in [0, 0.1) is 13.8 Å². The second-order valence-electron chi connectivity index (χ2n) is 6.77. The second kappa shape index (κ2) is 9.17. The van der Waals surface area contributed by atoms with Gasteiger partial charge in [-0.15, -0.1) is 0 Å². The normalized spacial score (nSPS) is 15.4. The number of thioether (sulfide) groups is 1. The van der Waals surface area contributed by atoms with Crippen LogP contribution in [-0.2, 0) is 9.59 Å². The SMILES string of the molecule is Cc1ccc(/C=C2\SC(=S)N(CCCC(=O)Nc3cccc(C)c3)C2=O)cc1. The highest BCUT2D eigenvalue weighted by Gasteiger charge is 2.31. The predicted octanol–water partition coefficient (Wildman–Crippen LogP) is 4.92. The molecule has 1 aliphatic heterocycles. The summed E-state index contributed by atoms with van der Waals surface area (Å²) in [6.45, 7) is 4.45. The molecule has 0 saturated carbocycles. The third-order valence-corrected chi connectivity index (χ3v) is 5.71. The van der Waals surface area contributed by atoms with Gasteiger partial charge in [-0.2, -0.15) is 0 Å². The summed E-state index contributed by atoms with van der Waals surface area (Å²) >= 11 is 6.67. The van der Waals surface area contributed by atoms with Crippen molar-refractivity contribution in [3.05, 3.63) is 70.1 Å². The van der Waals surface area contributed by atoms with Gasteiger partial charge in [0.05, 0.1) is 4.91 Å². The lowest BCUT2D eigenvalue weighted by molar-refractivity contribution is -0.122. The van der Waals surface area contributed by atoms with Crippen molar-refractivity contribution in [2.45, 2.75) is 26.7 Å². The number of nitrogens with one attached hydrogen (secondary N) is 1. The summed E-state index contributed by atoms with van der Waals surface area (Å²) in [5.74, 6) is -0.152. The molecule has 6 heteroatoms. The first-order valence-corrected chi connectivity index (χ1v) is 10.3. The first-order chi connectivity index (χ1) is 13.4. The summed E-state index contributed by atoms with van der Waals surface area (Å²) in [6.07, 6.45) is 2.76. The maximum absolute atomic E-state index is 12.6. The fraction of sp³-hybridized carbons (Fsp3) is 0.227. The number of hydrogen-bond donors (Lipinski definition) is 1. The number of amides is 2. The molecular formula is C22H22N2O2S2. The molecule has 0 spiro atoms. The quantitative estimate of drug-likeness (QED) is 0.542. The van der Waals surface area contributed by atoms with Gasteiger partial charge in [0.15, 0.2) is 0 Å². The second-order valence-corrected chi connectivity index (χ2v) is 8.44. The molecule has 1 fully saturated rings. The summed E-state index contributed by atoms with van der Waals surface area (Å²) in [7, 11) is 0. The van der Waals surface area contributed by atoms with Gasteiger partial charge < -0.3 is 5.32 Å². The molecule has 2 amide bonds. The molecule has 28 heavy (non-hydrogen) atoms. The molecule has 0 radical (unpaired) electrons. The smallest absolute Gasteiger partial charge is 0.266 e. The van der Waals surface area contributed by atoms with Crippen molar-refractivity contribution in [3.63, 3.8) is 0 Å². The molecule has 0 unspecified atom stereocenters. The highest BCUT2D eigenvalue weighted by Crippen LogP contribution is 2.32. The monoisotopic (exact) mass is 410 g/mol.